The second-order valence-corrected chi connectivity index (χ2v) is 7.56. The summed E-state index contributed by atoms with van der Waals surface area (Å²) in [7, 11) is 0. The van der Waals surface area contributed by atoms with Crippen molar-refractivity contribution in [2.45, 2.75) is 39.8 Å². The van der Waals surface area contributed by atoms with Gasteiger partial charge in [0, 0.05) is 55.4 Å². The highest BCUT2D eigenvalue weighted by Crippen LogP contribution is 2.26. The molecule has 1 atom stereocenters. The third-order valence-corrected chi connectivity index (χ3v) is 5.66. The first-order valence-corrected chi connectivity index (χ1v) is 10.0. The van der Waals surface area contributed by atoms with Gasteiger partial charge in [-0.1, -0.05) is 12.1 Å². The van der Waals surface area contributed by atoms with Crippen LogP contribution in [0.15, 0.2) is 49.2 Å². The van der Waals surface area contributed by atoms with Crippen molar-refractivity contribution < 1.29 is 4.79 Å². The monoisotopic (exact) mass is 377 g/mol. The van der Waals surface area contributed by atoms with Gasteiger partial charge in [-0.05, 0) is 50.3 Å². The fourth-order valence-corrected chi connectivity index (χ4v) is 4.14. The van der Waals surface area contributed by atoms with E-state index in [1.165, 1.54) is 0 Å². The molecule has 0 bridgehead atoms. The highest BCUT2D eigenvalue weighted by atomic mass is 16.2. The molecule has 3 aromatic rings. The van der Waals surface area contributed by atoms with Gasteiger partial charge in [0.05, 0.1) is 12.5 Å². The van der Waals surface area contributed by atoms with Gasteiger partial charge >= 0.3 is 0 Å². The zero-order valence-electron chi connectivity index (χ0n) is 16.6. The molecule has 1 amide bonds. The average molecular weight is 377 g/mol. The molecule has 0 saturated carbocycles. The van der Waals surface area contributed by atoms with E-state index in [4.69, 9.17) is 0 Å². The Morgan fingerprint density at radius 1 is 1.32 bits per heavy atom. The van der Waals surface area contributed by atoms with Gasteiger partial charge in [-0.15, -0.1) is 0 Å². The molecule has 1 fully saturated rings. The highest BCUT2D eigenvalue weighted by molar-refractivity contribution is 5.95. The van der Waals surface area contributed by atoms with E-state index in [0.29, 0.717) is 5.92 Å². The molecule has 6 nitrogen and oxygen atoms in total. The Bertz CT molecular complexity index is 944. The van der Waals surface area contributed by atoms with Crippen LogP contribution in [0.5, 0.6) is 0 Å². The predicted molar refractivity (Wildman–Crippen MR) is 109 cm³/mol. The van der Waals surface area contributed by atoms with Crippen LogP contribution in [0.3, 0.4) is 0 Å². The van der Waals surface area contributed by atoms with Gasteiger partial charge in [-0.25, -0.2) is 4.98 Å². The van der Waals surface area contributed by atoms with Crippen LogP contribution in [-0.2, 0) is 13.1 Å². The van der Waals surface area contributed by atoms with Crippen molar-refractivity contribution in [2.24, 2.45) is 5.92 Å². The Morgan fingerprint density at radius 3 is 2.96 bits per heavy atom. The summed E-state index contributed by atoms with van der Waals surface area (Å²) in [4.78, 5) is 19.3. The van der Waals surface area contributed by atoms with Crippen molar-refractivity contribution in [3.05, 3.63) is 60.4 Å². The van der Waals surface area contributed by atoms with Gasteiger partial charge in [0.2, 0.25) is 0 Å². The molecule has 1 unspecified atom stereocenters. The number of carbonyl (C=O) groups excluding carboxylic acids is 1. The molecule has 1 aliphatic rings. The second-order valence-electron chi connectivity index (χ2n) is 7.56. The lowest BCUT2D eigenvalue weighted by molar-refractivity contribution is 0.0662. The minimum absolute atomic E-state index is 0.123. The molecule has 1 aromatic carbocycles. The first kappa shape index (κ1) is 18.5. The van der Waals surface area contributed by atoms with E-state index in [9.17, 15) is 4.79 Å². The van der Waals surface area contributed by atoms with Gasteiger partial charge in [0.1, 0.15) is 0 Å². The van der Waals surface area contributed by atoms with E-state index in [2.05, 4.69) is 34.6 Å². The van der Waals surface area contributed by atoms with Crippen molar-refractivity contribution in [1.82, 2.24) is 24.2 Å². The maximum atomic E-state index is 13.2. The number of piperidine rings is 1. The molecule has 1 saturated heterocycles. The number of benzene rings is 1. The number of nitrogens with zero attached hydrogens (tertiary/aromatic N) is 5. The molecule has 146 valence electrons. The van der Waals surface area contributed by atoms with E-state index in [0.717, 1.165) is 61.4 Å². The fourth-order valence-electron chi connectivity index (χ4n) is 4.14. The largest absolute Gasteiger partial charge is 0.338 e. The topological polar surface area (TPSA) is 56.0 Å². The lowest BCUT2D eigenvalue weighted by atomic mass is 9.96. The Balaban J connectivity index is 1.50. The first-order chi connectivity index (χ1) is 13.7. The zero-order chi connectivity index (χ0) is 19.5. The Kier molecular flexibility index (Phi) is 5.28. The minimum atomic E-state index is 0.123. The van der Waals surface area contributed by atoms with E-state index in [1.54, 1.807) is 6.20 Å². The number of hydrogen-bond donors (Lipinski definition) is 0. The maximum absolute atomic E-state index is 13.2. The maximum Gasteiger partial charge on any atom is 0.253 e. The third-order valence-electron chi connectivity index (χ3n) is 5.66. The van der Waals surface area contributed by atoms with Crippen LogP contribution in [0, 0.1) is 12.8 Å². The van der Waals surface area contributed by atoms with Crippen LogP contribution in [-0.4, -0.2) is 43.2 Å². The number of hydrogen-bond acceptors (Lipinski definition) is 3. The van der Waals surface area contributed by atoms with E-state index < -0.39 is 0 Å². The Hall–Kier alpha value is -2.89. The number of aryl methyl sites for hydroxylation is 1. The van der Waals surface area contributed by atoms with Gasteiger partial charge in [0.15, 0.2) is 0 Å². The molecule has 0 N–H and O–H groups in total. The van der Waals surface area contributed by atoms with Crippen molar-refractivity contribution in [2.75, 3.05) is 13.1 Å². The number of likely N-dealkylation sites (tertiary alicyclic amines) is 1. The summed E-state index contributed by atoms with van der Waals surface area (Å²) in [6.45, 7) is 7.55. The van der Waals surface area contributed by atoms with E-state index >= 15 is 0 Å². The van der Waals surface area contributed by atoms with Gasteiger partial charge < -0.3 is 9.47 Å². The van der Waals surface area contributed by atoms with Gasteiger partial charge in [0.25, 0.3) is 5.91 Å². The summed E-state index contributed by atoms with van der Waals surface area (Å²) < 4.78 is 4.09. The molecule has 0 spiro atoms. The SMILES string of the molecule is CCn1ncc(-c2cccc(C(=O)N3CCCC(Cn4ccnc4)C3)c2)c1C. The standard InChI is InChI=1S/C22H27N5O/c1-3-27-17(2)21(13-24-27)19-7-4-8-20(12-19)22(28)26-10-5-6-18(15-26)14-25-11-9-23-16-25/h4,7-9,11-13,16,18H,3,5-6,10,14-15H2,1-2H3. The Morgan fingerprint density at radius 2 is 2.21 bits per heavy atom. The quantitative estimate of drug-likeness (QED) is 0.682. The molecular formula is C22H27N5O. The molecule has 3 heterocycles. The fraction of sp³-hybridized carbons (Fsp3) is 0.409. The molecular weight excluding hydrogens is 350 g/mol. The molecule has 0 radical (unpaired) electrons. The second kappa shape index (κ2) is 8.00. The summed E-state index contributed by atoms with van der Waals surface area (Å²) in [5.41, 5.74) is 4.03. The first-order valence-electron chi connectivity index (χ1n) is 10.0. The Labute approximate surface area is 165 Å². The van der Waals surface area contributed by atoms with Gasteiger partial charge in [-0.3, -0.25) is 9.48 Å². The number of rotatable bonds is 5. The molecule has 4 rings (SSSR count). The normalized spacial score (nSPS) is 17.1. The molecule has 0 aliphatic carbocycles. The number of aromatic nitrogens is 4. The van der Waals surface area contributed by atoms with Crippen molar-refractivity contribution in [1.29, 1.82) is 0 Å². The zero-order valence-corrected chi connectivity index (χ0v) is 16.6. The van der Waals surface area contributed by atoms with Gasteiger partial charge in [-0.2, -0.15) is 5.10 Å². The molecule has 6 heteroatoms. The summed E-state index contributed by atoms with van der Waals surface area (Å²) in [5, 5.41) is 4.43. The minimum Gasteiger partial charge on any atom is -0.338 e. The smallest absolute Gasteiger partial charge is 0.253 e. The lowest BCUT2D eigenvalue weighted by Gasteiger charge is -2.33. The van der Waals surface area contributed by atoms with Crippen LogP contribution in [0.2, 0.25) is 0 Å². The van der Waals surface area contributed by atoms with Crippen molar-refractivity contribution in [3.8, 4) is 11.1 Å². The van der Waals surface area contributed by atoms with Crippen molar-refractivity contribution >= 4 is 5.91 Å². The summed E-state index contributed by atoms with van der Waals surface area (Å²) in [6, 6.07) is 7.95. The molecule has 1 aliphatic heterocycles. The van der Waals surface area contributed by atoms with E-state index in [1.807, 2.05) is 46.5 Å². The number of amides is 1. The summed E-state index contributed by atoms with van der Waals surface area (Å²) in [6.07, 6.45) is 9.74. The van der Waals surface area contributed by atoms with E-state index in [-0.39, 0.29) is 5.91 Å². The van der Waals surface area contributed by atoms with Crippen LogP contribution >= 0.6 is 0 Å². The van der Waals surface area contributed by atoms with Crippen LogP contribution in [0.4, 0.5) is 0 Å². The predicted octanol–water partition coefficient (Wildman–Crippen LogP) is 3.63. The van der Waals surface area contributed by atoms with Crippen LogP contribution in [0.1, 0.15) is 35.8 Å². The van der Waals surface area contributed by atoms with Crippen LogP contribution in [0.25, 0.3) is 11.1 Å². The third kappa shape index (κ3) is 3.72. The van der Waals surface area contributed by atoms with Crippen molar-refractivity contribution in [3.63, 3.8) is 0 Å². The average Bonchev–Trinajstić information content (AvgIpc) is 3.37. The number of carbonyl (C=O) groups is 1. The molecule has 2 aromatic heterocycles. The number of imidazole rings is 1. The summed E-state index contributed by atoms with van der Waals surface area (Å²) >= 11 is 0. The molecule has 28 heavy (non-hydrogen) atoms. The summed E-state index contributed by atoms with van der Waals surface area (Å²) in [5.74, 6) is 0.595. The highest BCUT2D eigenvalue weighted by Gasteiger charge is 2.25. The van der Waals surface area contributed by atoms with Crippen LogP contribution < -0.4 is 0 Å². The lowest BCUT2D eigenvalue weighted by Crippen LogP contribution is -2.41.